The lowest BCUT2D eigenvalue weighted by Crippen LogP contribution is -2.43. The molecule has 2 aromatic rings. The van der Waals surface area contributed by atoms with Crippen LogP contribution in [0.4, 0.5) is 24.5 Å². The molecule has 3 rings (SSSR count). The van der Waals surface area contributed by atoms with E-state index in [9.17, 15) is 26.4 Å². The number of nitrogens with one attached hydrogen (secondary N) is 3. The summed E-state index contributed by atoms with van der Waals surface area (Å²) in [5, 5.41) is 5.88. The summed E-state index contributed by atoms with van der Waals surface area (Å²) in [6.07, 6.45) is -2.26. The van der Waals surface area contributed by atoms with Crippen LogP contribution in [0.2, 0.25) is 0 Å². The first kappa shape index (κ1) is 24.6. The van der Waals surface area contributed by atoms with Gasteiger partial charge in [-0.15, -0.1) is 13.2 Å². The van der Waals surface area contributed by atoms with Gasteiger partial charge >= 0.3 is 6.36 Å². The molecule has 0 aromatic heterocycles. The van der Waals surface area contributed by atoms with Gasteiger partial charge in [0, 0.05) is 17.8 Å². The molecule has 3 N–H and O–H groups in total. The van der Waals surface area contributed by atoms with Crippen LogP contribution in [-0.2, 0) is 14.8 Å². The second-order valence-electron chi connectivity index (χ2n) is 7.27. The first-order chi connectivity index (χ1) is 15.6. The maximum absolute atomic E-state index is 12.9. The highest BCUT2D eigenvalue weighted by atomic mass is 32.2. The number of halogens is 3. The van der Waals surface area contributed by atoms with E-state index in [1.165, 1.54) is 30.3 Å². The third-order valence-corrected chi connectivity index (χ3v) is 6.17. The lowest BCUT2D eigenvalue weighted by atomic mass is 10.0. The third kappa shape index (κ3) is 6.99. The first-order valence-electron chi connectivity index (χ1n) is 10.3. The molecule has 0 radical (unpaired) electrons. The van der Waals surface area contributed by atoms with Crippen molar-refractivity contribution in [2.45, 2.75) is 43.5 Å². The number of rotatable bonds is 8. The smallest absolute Gasteiger partial charge is 0.492 e. The molecular formula is C21H24F3N3O5S. The Labute approximate surface area is 189 Å². The quantitative estimate of drug-likeness (QED) is 0.522. The number of piperidine rings is 1. The molecule has 1 aliphatic rings. The van der Waals surface area contributed by atoms with Crippen LogP contribution in [0.3, 0.4) is 0 Å². The lowest BCUT2D eigenvalue weighted by molar-refractivity contribution is -0.274. The standard InChI is InChI=1S/C21H24F3N3O5S/c1-2-31-18-13-14(26-20(28)17-8-3-4-11-25-17)9-10-19(18)33(29,30)27-15-6-5-7-16(12-15)32-21(22,23)24/h5-7,9-10,12-13,17,25,27H,2-4,8,11H2,1H3,(H,26,28). The molecule has 0 aliphatic carbocycles. The minimum Gasteiger partial charge on any atom is -0.492 e. The van der Waals surface area contributed by atoms with Crippen molar-refractivity contribution in [1.82, 2.24) is 5.32 Å². The van der Waals surface area contributed by atoms with Crippen LogP contribution in [0.5, 0.6) is 11.5 Å². The van der Waals surface area contributed by atoms with Crippen molar-refractivity contribution < 1.29 is 35.9 Å². The van der Waals surface area contributed by atoms with Crippen molar-refractivity contribution in [2.24, 2.45) is 0 Å². The van der Waals surface area contributed by atoms with Crippen LogP contribution in [0.25, 0.3) is 0 Å². The second kappa shape index (κ2) is 10.3. The van der Waals surface area contributed by atoms with E-state index < -0.39 is 22.1 Å². The molecule has 1 atom stereocenters. The molecule has 12 heteroatoms. The fraction of sp³-hybridized carbons (Fsp3) is 0.381. The summed E-state index contributed by atoms with van der Waals surface area (Å²) in [4.78, 5) is 12.2. The van der Waals surface area contributed by atoms with E-state index in [2.05, 4.69) is 20.1 Å². The lowest BCUT2D eigenvalue weighted by Gasteiger charge is -2.22. The minimum absolute atomic E-state index is 0.0119. The van der Waals surface area contributed by atoms with E-state index in [1.807, 2.05) is 0 Å². The Morgan fingerprint density at radius 3 is 2.61 bits per heavy atom. The van der Waals surface area contributed by atoms with E-state index in [4.69, 9.17) is 4.74 Å². The van der Waals surface area contributed by atoms with Gasteiger partial charge in [-0.3, -0.25) is 9.52 Å². The molecule has 1 saturated heterocycles. The van der Waals surface area contributed by atoms with E-state index in [1.54, 1.807) is 6.92 Å². The first-order valence-corrected chi connectivity index (χ1v) is 11.8. The van der Waals surface area contributed by atoms with Crippen molar-refractivity contribution in [3.05, 3.63) is 42.5 Å². The second-order valence-corrected chi connectivity index (χ2v) is 8.92. The Kier molecular flexibility index (Phi) is 7.69. The molecule has 0 bridgehead atoms. The van der Waals surface area contributed by atoms with Crippen LogP contribution < -0.4 is 24.8 Å². The molecule has 1 aliphatic heterocycles. The fourth-order valence-electron chi connectivity index (χ4n) is 3.35. The van der Waals surface area contributed by atoms with Gasteiger partial charge in [-0.25, -0.2) is 8.42 Å². The Balaban J connectivity index is 1.80. The van der Waals surface area contributed by atoms with Crippen molar-refractivity contribution >= 4 is 27.3 Å². The van der Waals surface area contributed by atoms with E-state index in [0.29, 0.717) is 12.1 Å². The van der Waals surface area contributed by atoms with Crippen LogP contribution >= 0.6 is 0 Å². The fourth-order valence-corrected chi connectivity index (χ4v) is 4.53. The van der Waals surface area contributed by atoms with Gasteiger partial charge in [0.15, 0.2) is 0 Å². The molecule has 180 valence electrons. The molecular weight excluding hydrogens is 463 g/mol. The number of sulfonamides is 1. The molecule has 0 spiro atoms. The number of alkyl halides is 3. The van der Waals surface area contributed by atoms with Gasteiger partial charge in [0.2, 0.25) is 5.91 Å². The van der Waals surface area contributed by atoms with Gasteiger partial charge in [-0.2, -0.15) is 0 Å². The Bertz CT molecular complexity index is 1090. The van der Waals surface area contributed by atoms with E-state index in [0.717, 1.165) is 31.5 Å². The number of carbonyl (C=O) groups excluding carboxylic acids is 1. The van der Waals surface area contributed by atoms with Crippen LogP contribution in [-0.4, -0.2) is 39.9 Å². The number of ether oxygens (including phenoxy) is 2. The van der Waals surface area contributed by atoms with E-state index in [-0.39, 0.29) is 34.9 Å². The number of benzene rings is 2. The predicted molar refractivity (Wildman–Crippen MR) is 116 cm³/mol. The zero-order valence-electron chi connectivity index (χ0n) is 17.7. The summed E-state index contributed by atoms with van der Waals surface area (Å²) >= 11 is 0. The van der Waals surface area contributed by atoms with Gasteiger partial charge in [-0.05, 0) is 50.6 Å². The molecule has 8 nitrogen and oxygen atoms in total. The number of anilines is 2. The molecule has 33 heavy (non-hydrogen) atoms. The summed E-state index contributed by atoms with van der Waals surface area (Å²) in [7, 11) is -4.23. The summed E-state index contributed by atoms with van der Waals surface area (Å²) in [5.41, 5.74) is 0.232. The summed E-state index contributed by atoms with van der Waals surface area (Å²) < 4.78 is 74.7. The number of hydrogen-bond donors (Lipinski definition) is 3. The van der Waals surface area contributed by atoms with Gasteiger partial charge in [0.05, 0.1) is 18.3 Å². The summed E-state index contributed by atoms with van der Waals surface area (Å²) in [6, 6.07) is 8.21. The molecule has 1 unspecified atom stereocenters. The SMILES string of the molecule is CCOc1cc(NC(=O)C2CCCCN2)ccc1S(=O)(=O)Nc1cccc(OC(F)(F)F)c1. The maximum atomic E-state index is 12.9. The summed E-state index contributed by atoms with van der Waals surface area (Å²) in [6.45, 7) is 2.57. The van der Waals surface area contributed by atoms with Crippen LogP contribution in [0.1, 0.15) is 26.2 Å². The Morgan fingerprint density at radius 1 is 1.15 bits per heavy atom. The topological polar surface area (TPSA) is 106 Å². The Hall–Kier alpha value is -2.99. The molecule has 2 aromatic carbocycles. The van der Waals surface area contributed by atoms with Crippen molar-refractivity contribution in [3.8, 4) is 11.5 Å². The van der Waals surface area contributed by atoms with Crippen LogP contribution in [0.15, 0.2) is 47.4 Å². The molecule has 1 heterocycles. The zero-order valence-corrected chi connectivity index (χ0v) is 18.6. The molecule has 1 fully saturated rings. The van der Waals surface area contributed by atoms with Gasteiger partial charge in [-0.1, -0.05) is 12.5 Å². The van der Waals surface area contributed by atoms with Gasteiger partial charge in [0.1, 0.15) is 16.4 Å². The largest absolute Gasteiger partial charge is 0.573 e. The van der Waals surface area contributed by atoms with E-state index >= 15 is 0 Å². The Morgan fingerprint density at radius 2 is 1.94 bits per heavy atom. The average Bonchev–Trinajstić information content (AvgIpc) is 2.73. The monoisotopic (exact) mass is 487 g/mol. The maximum Gasteiger partial charge on any atom is 0.573 e. The van der Waals surface area contributed by atoms with Crippen molar-refractivity contribution in [2.75, 3.05) is 23.2 Å². The highest BCUT2D eigenvalue weighted by molar-refractivity contribution is 7.92. The predicted octanol–water partition coefficient (Wildman–Crippen LogP) is 3.87. The molecule has 0 saturated carbocycles. The third-order valence-electron chi connectivity index (χ3n) is 4.75. The minimum atomic E-state index is -4.91. The van der Waals surface area contributed by atoms with Gasteiger partial charge < -0.3 is 20.1 Å². The number of amides is 1. The van der Waals surface area contributed by atoms with Crippen molar-refractivity contribution in [3.63, 3.8) is 0 Å². The number of carbonyl (C=O) groups is 1. The highest BCUT2D eigenvalue weighted by Crippen LogP contribution is 2.31. The van der Waals surface area contributed by atoms with Crippen LogP contribution in [0, 0.1) is 0 Å². The molecule has 1 amide bonds. The zero-order chi connectivity index (χ0) is 24.1. The van der Waals surface area contributed by atoms with Crippen molar-refractivity contribution in [1.29, 1.82) is 0 Å². The normalized spacial score (nSPS) is 16.7. The summed E-state index contributed by atoms with van der Waals surface area (Å²) in [5.74, 6) is -0.809. The highest BCUT2D eigenvalue weighted by Gasteiger charge is 2.31. The van der Waals surface area contributed by atoms with Gasteiger partial charge in [0.25, 0.3) is 10.0 Å². The number of hydrogen-bond acceptors (Lipinski definition) is 6. The average molecular weight is 488 g/mol.